The number of benzene rings is 3. The lowest BCUT2D eigenvalue weighted by Gasteiger charge is -2.25. The van der Waals surface area contributed by atoms with E-state index in [-0.39, 0.29) is 17.7 Å². The molecule has 7 heteroatoms. The lowest BCUT2D eigenvalue weighted by atomic mass is 9.87. The van der Waals surface area contributed by atoms with Crippen LogP contribution in [0.5, 0.6) is 11.5 Å². The number of rotatable bonds is 7. The number of hydrogen-bond acceptors (Lipinski definition) is 4. The Morgan fingerprint density at radius 2 is 1.69 bits per heavy atom. The summed E-state index contributed by atoms with van der Waals surface area (Å²) in [5.74, 6) is 0.514. The first-order valence-electron chi connectivity index (χ1n) is 11.5. The first kappa shape index (κ1) is 24.6. The molecular formula is C28H29ClN2O4. The summed E-state index contributed by atoms with van der Waals surface area (Å²) < 4.78 is 11.1. The average Bonchev–Trinajstić information content (AvgIpc) is 3.33. The summed E-state index contributed by atoms with van der Waals surface area (Å²) in [5, 5.41) is 0.567. The highest BCUT2D eigenvalue weighted by molar-refractivity contribution is 6.30. The lowest BCUT2D eigenvalue weighted by Crippen LogP contribution is -2.36. The van der Waals surface area contributed by atoms with Crippen LogP contribution in [0.1, 0.15) is 27.4 Å². The first-order valence-corrected chi connectivity index (χ1v) is 11.8. The topological polar surface area (TPSA) is 59.1 Å². The van der Waals surface area contributed by atoms with Crippen molar-refractivity contribution in [2.45, 2.75) is 12.5 Å². The van der Waals surface area contributed by atoms with Gasteiger partial charge in [0.05, 0.1) is 20.1 Å². The smallest absolute Gasteiger partial charge is 0.253 e. The summed E-state index contributed by atoms with van der Waals surface area (Å²) in [6.07, 6.45) is 0. The molecule has 3 aromatic rings. The van der Waals surface area contributed by atoms with Gasteiger partial charge in [-0.3, -0.25) is 9.59 Å². The molecule has 1 aliphatic heterocycles. The second kappa shape index (κ2) is 10.8. The molecule has 2 atom stereocenters. The zero-order valence-electron chi connectivity index (χ0n) is 20.1. The minimum absolute atomic E-state index is 0.0184. The van der Waals surface area contributed by atoms with E-state index in [2.05, 4.69) is 0 Å². The number of carbonyl (C=O) groups excluding carboxylic acids is 2. The van der Waals surface area contributed by atoms with Crippen LogP contribution in [0.4, 0.5) is 0 Å². The van der Waals surface area contributed by atoms with E-state index in [1.807, 2.05) is 48.5 Å². The van der Waals surface area contributed by atoms with E-state index in [9.17, 15) is 9.59 Å². The van der Waals surface area contributed by atoms with Gasteiger partial charge in [0.1, 0.15) is 11.5 Å². The maximum atomic E-state index is 13.7. The van der Waals surface area contributed by atoms with Crippen molar-refractivity contribution in [1.82, 2.24) is 9.80 Å². The molecule has 0 saturated carbocycles. The quantitative estimate of drug-likeness (QED) is 0.472. The summed E-state index contributed by atoms with van der Waals surface area (Å²) in [6.45, 7) is 1.19. The van der Waals surface area contributed by atoms with Gasteiger partial charge in [0.25, 0.3) is 5.91 Å². The largest absolute Gasteiger partial charge is 0.497 e. The van der Waals surface area contributed by atoms with E-state index >= 15 is 0 Å². The molecule has 0 aromatic heterocycles. The molecule has 0 radical (unpaired) electrons. The van der Waals surface area contributed by atoms with Crippen LogP contribution in [0.25, 0.3) is 0 Å². The predicted octanol–water partition coefficient (Wildman–Crippen LogP) is 4.87. The Hall–Kier alpha value is -3.51. The van der Waals surface area contributed by atoms with Gasteiger partial charge in [0.2, 0.25) is 5.91 Å². The molecule has 1 fully saturated rings. The van der Waals surface area contributed by atoms with E-state index in [0.717, 1.165) is 11.1 Å². The van der Waals surface area contributed by atoms with Gasteiger partial charge in [0, 0.05) is 48.7 Å². The van der Waals surface area contributed by atoms with E-state index in [1.54, 1.807) is 55.3 Å². The summed E-state index contributed by atoms with van der Waals surface area (Å²) in [6, 6.07) is 22.2. The van der Waals surface area contributed by atoms with Gasteiger partial charge in [-0.05, 0) is 48.0 Å². The minimum Gasteiger partial charge on any atom is -0.497 e. The average molecular weight is 493 g/mol. The van der Waals surface area contributed by atoms with Gasteiger partial charge < -0.3 is 19.3 Å². The fraction of sp³-hybridized carbons (Fsp3) is 0.286. The number of methoxy groups -OCH3 is 2. The van der Waals surface area contributed by atoms with Gasteiger partial charge in [0.15, 0.2) is 0 Å². The van der Waals surface area contributed by atoms with Crippen LogP contribution in [0.2, 0.25) is 5.02 Å². The second-order valence-electron chi connectivity index (χ2n) is 8.72. The fourth-order valence-corrected chi connectivity index (χ4v) is 4.78. The molecule has 182 valence electrons. The number of ether oxygens (including phenoxy) is 2. The molecule has 2 amide bonds. The maximum absolute atomic E-state index is 13.7. The Labute approximate surface area is 211 Å². The van der Waals surface area contributed by atoms with Crippen molar-refractivity contribution in [3.63, 3.8) is 0 Å². The summed E-state index contributed by atoms with van der Waals surface area (Å²) in [5.41, 5.74) is 2.44. The van der Waals surface area contributed by atoms with Gasteiger partial charge in [-0.25, -0.2) is 0 Å². The van der Waals surface area contributed by atoms with Gasteiger partial charge in [-0.2, -0.15) is 0 Å². The zero-order chi connectivity index (χ0) is 24.9. The number of likely N-dealkylation sites (tertiary alicyclic amines) is 1. The number of carbonyl (C=O) groups is 2. The Morgan fingerprint density at radius 1 is 0.971 bits per heavy atom. The van der Waals surface area contributed by atoms with Crippen LogP contribution in [-0.4, -0.2) is 56.0 Å². The van der Waals surface area contributed by atoms with Crippen molar-refractivity contribution in [2.75, 3.05) is 34.4 Å². The molecule has 3 aromatic carbocycles. The van der Waals surface area contributed by atoms with E-state index in [0.29, 0.717) is 41.7 Å². The van der Waals surface area contributed by atoms with Crippen molar-refractivity contribution in [3.05, 3.63) is 94.5 Å². The number of halogens is 1. The molecule has 1 aliphatic rings. The third-order valence-electron chi connectivity index (χ3n) is 6.49. The van der Waals surface area contributed by atoms with E-state index < -0.39 is 5.92 Å². The third-order valence-corrected chi connectivity index (χ3v) is 6.74. The maximum Gasteiger partial charge on any atom is 0.253 e. The van der Waals surface area contributed by atoms with E-state index in [1.165, 1.54) is 0 Å². The van der Waals surface area contributed by atoms with Gasteiger partial charge in [-0.15, -0.1) is 0 Å². The summed E-state index contributed by atoms with van der Waals surface area (Å²) in [4.78, 5) is 30.6. The van der Waals surface area contributed by atoms with Crippen molar-refractivity contribution in [2.24, 2.45) is 5.92 Å². The molecule has 0 spiro atoms. The monoisotopic (exact) mass is 492 g/mol. The molecule has 0 bridgehead atoms. The zero-order valence-corrected chi connectivity index (χ0v) is 20.9. The molecule has 35 heavy (non-hydrogen) atoms. The Morgan fingerprint density at radius 3 is 2.34 bits per heavy atom. The van der Waals surface area contributed by atoms with Crippen LogP contribution < -0.4 is 9.47 Å². The highest BCUT2D eigenvalue weighted by atomic mass is 35.5. The molecule has 0 unspecified atom stereocenters. The van der Waals surface area contributed by atoms with Crippen LogP contribution in [0.3, 0.4) is 0 Å². The normalized spacial score (nSPS) is 17.2. The first-order chi connectivity index (χ1) is 16.9. The van der Waals surface area contributed by atoms with Gasteiger partial charge >= 0.3 is 0 Å². The molecule has 4 rings (SSSR count). The lowest BCUT2D eigenvalue weighted by molar-refractivity contribution is -0.134. The molecular weight excluding hydrogens is 464 g/mol. The number of nitrogens with zero attached hydrogens (tertiary/aromatic N) is 2. The molecule has 0 aliphatic carbocycles. The SMILES string of the molecule is COc1ccc(OC)c([C@H]2CN(C(=O)c3ccc(Cl)cc3)C[C@H]2C(=O)N(C)Cc2ccccc2)c1. The van der Waals surface area contributed by atoms with Crippen molar-refractivity contribution in [1.29, 1.82) is 0 Å². The standard InChI is InChI=1S/C28H29ClN2O4/c1-30(16-19-7-5-4-6-8-19)28(33)25-18-31(27(32)20-9-11-21(29)12-10-20)17-24(25)23-15-22(34-2)13-14-26(23)35-3/h4-15,24-25H,16-18H2,1-3H3/t24-,25-/m1/s1. The minimum atomic E-state index is -0.430. The fourth-order valence-electron chi connectivity index (χ4n) is 4.66. The van der Waals surface area contributed by atoms with Crippen molar-refractivity contribution < 1.29 is 19.1 Å². The number of amides is 2. The van der Waals surface area contributed by atoms with Crippen molar-refractivity contribution in [3.8, 4) is 11.5 Å². The third kappa shape index (κ3) is 5.43. The predicted molar refractivity (Wildman–Crippen MR) is 136 cm³/mol. The van der Waals surface area contributed by atoms with Crippen LogP contribution in [0.15, 0.2) is 72.8 Å². The van der Waals surface area contributed by atoms with E-state index in [4.69, 9.17) is 21.1 Å². The molecule has 6 nitrogen and oxygen atoms in total. The molecule has 1 saturated heterocycles. The van der Waals surface area contributed by atoms with Gasteiger partial charge in [-0.1, -0.05) is 41.9 Å². The highest BCUT2D eigenvalue weighted by Crippen LogP contribution is 2.40. The van der Waals surface area contributed by atoms with Crippen LogP contribution in [0, 0.1) is 5.92 Å². The summed E-state index contributed by atoms with van der Waals surface area (Å²) in [7, 11) is 5.01. The van der Waals surface area contributed by atoms with Crippen molar-refractivity contribution >= 4 is 23.4 Å². The molecule has 1 heterocycles. The second-order valence-corrected chi connectivity index (χ2v) is 9.15. The summed E-state index contributed by atoms with van der Waals surface area (Å²) >= 11 is 6.01. The highest BCUT2D eigenvalue weighted by Gasteiger charge is 2.43. The Kier molecular flexibility index (Phi) is 7.61. The molecule has 0 N–H and O–H groups in total. The van der Waals surface area contributed by atoms with Crippen LogP contribution >= 0.6 is 11.6 Å². The Balaban J connectivity index is 1.66. The Bertz CT molecular complexity index is 1180. The van der Waals surface area contributed by atoms with Crippen LogP contribution in [-0.2, 0) is 11.3 Å². The number of hydrogen-bond donors (Lipinski definition) is 0.